The minimum Gasteiger partial charge on any atom is -0.394 e. The lowest BCUT2D eigenvalue weighted by atomic mass is 9.95. The highest BCUT2D eigenvalue weighted by Crippen LogP contribution is 2.35. The molecule has 0 aliphatic carbocycles. The van der Waals surface area contributed by atoms with Crippen molar-refractivity contribution in [2.45, 2.75) is 26.8 Å². The Kier molecular flexibility index (Phi) is 4.50. The van der Waals surface area contributed by atoms with E-state index in [1.54, 1.807) is 20.8 Å². The van der Waals surface area contributed by atoms with Crippen LogP contribution in [-0.4, -0.2) is 43.7 Å². The van der Waals surface area contributed by atoms with Crippen molar-refractivity contribution >= 4 is 27.5 Å². The van der Waals surface area contributed by atoms with E-state index in [-0.39, 0.29) is 30.0 Å². The maximum Gasteiger partial charge on any atom is 0.251 e. The van der Waals surface area contributed by atoms with Crippen LogP contribution in [0.25, 0.3) is 0 Å². The molecule has 0 aromatic heterocycles. The van der Waals surface area contributed by atoms with Gasteiger partial charge >= 0.3 is 0 Å². The van der Waals surface area contributed by atoms with Crippen molar-refractivity contribution in [3.8, 4) is 0 Å². The van der Waals surface area contributed by atoms with Crippen LogP contribution in [0.15, 0.2) is 24.3 Å². The second-order valence-corrected chi connectivity index (χ2v) is 8.13. The van der Waals surface area contributed by atoms with Crippen molar-refractivity contribution in [2.75, 3.05) is 16.7 Å². The SMILES string of the molecule is C[C@@H](CO)NC(=O)c1ccc(N2C(=O)C(C)(C)CS2(=O)=O)cc1. The van der Waals surface area contributed by atoms with Gasteiger partial charge in [0.05, 0.1) is 23.5 Å². The number of aliphatic hydroxyl groups is 1. The van der Waals surface area contributed by atoms with Crippen LogP contribution >= 0.6 is 0 Å². The van der Waals surface area contributed by atoms with E-state index in [0.717, 1.165) is 4.31 Å². The predicted octanol–water partition coefficient (Wildman–Crippen LogP) is 0.500. The van der Waals surface area contributed by atoms with Crippen LogP contribution in [0.2, 0.25) is 0 Å². The standard InChI is InChI=1S/C15H20N2O5S/c1-10(8-18)16-13(19)11-4-6-12(7-5-11)17-14(20)15(2,3)9-23(17,21)22/h4-7,10,18H,8-9H2,1-3H3,(H,16,19)/t10-/m0/s1. The van der Waals surface area contributed by atoms with E-state index in [1.165, 1.54) is 24.3 Å². The number of hydrogen-bond acceptors (Lipinski definition) is 5. The third kappa shape index (κ3) is 3.37. The molecule has 126 valence electrons. The fourth-order valence-corrected chi connectivity index (χ4v) is 4.47. The van der Waals surface area contributed by atoms with Gasteiger partial charge in [0, 0.05) is 11.6 Å². The third-order valence-corrected chi connectivity index (χ3v) is 5.62. The van der Waals surface area contributed by atoms with Gasteiger partial charge in [-0.25, -0.2) is 12.7 Å². The fourth-order valence-electron chi connectivity index (χ4n) is 2.36. The lowest BCUT2D eigenvalue weighted by Crippen LogP contribution is -2.35. The van der Waals surface area contributed by atoms with E-state index in [1.807, 2.05) is 0 Å². The number of rotatable bonds is 4. The van der Waals surface area contributed by atoms with E-state index >= 15 is 0 Å². The molecule has 8 heteroatoms. The lowest BCUT2D eigenvalue weighted by molar-refractivity contribution is -0.123. The number of carbonyl (C=O) groups excluding carboxylic acids is 2. The van der Waals surface area contributed by atoms with Gasteiger partial charge in [-0.05, 0) is 45.0 Å². The molecule has 1 fully saturated rings. The molecule has 1 aromatic carbocycles. The summed E-state index contributed by atoms with van der Waals surface area (Å²) in [5.74, 6) is -1.10. The quantitative estimate of drug-likeness (QED) is 0.831. The van der Waals surface area contributed by atoms with Gasteiger partial charge < -0.3 is 10.4 Å². The Balaban J connectivity index is 2.27. The zero-order valence-corrected chi connectivity index (χ0v) is 14.1. The molecule has 2 amide bonds. The summed E-state index contributed by atoms with van der Waals surface area (Å²) >= 11 is 0. The molecule has 1 aliphatic rings. The summed E-state index contributed by atoms with van der Waals surface area (Å²) in [4.78, 5) is 24.2. The first-order valence-corrected chi connectivity index (χ1v) is 8.78. The van der Waals surface area contributed by atoms with E-state index in [4.69, 9.17) is 5.11 Å². The van der Waals surface area contributed by atoms with Gasteiger partial charge in [0.15, 0.2) is 0 Å². The average Bonchev–Trinajstić information content (AvgIpc) is 2.62. The maximum absolute atomic E-state index is 12.3. The Morgan fingerprint density at radius 1 is 1.35 bits per heavy atom. The van der Waals surface area contributed by atoms with Crippen molar-refractivity contribution in [1.29, 1.82) is 0 Å². The number of amides is 2. The average molecular weight is 340 g/mol. The Morgan fingerprint density at radius 3 is 2.35 bits per heavy atom. The van der Waals surface area contributed by atoms with Crippen LogP contribution in [0.3, 0.4) is 0 Å². The topological polar surface area (TPSA) is 104 Å². The minimum absolute atomic E-state index is 0.181. The molecule has 0 saturated carbocycles. The molecule has 0 spiro atoms. The zero-order valence-electron chi connectivity index (χ0n) is 13.2. The summed E-state index contributed by atoms with van der Waals surface area (Å²) in [5, 5.41) is 11.5. The minimum atomic E-state index is -3.70. The molecular weight excluding hydrogens is 320 g/mol. The number of carbonyl (C=O) groups is 2. The molecule has 1 aromatic rings. The Labute approximate surface area is 135 Å². The highest BCUT2D eigenvalue weighted by Gasteiger charge is 2.49. The monoisotopic (exact) mass is 340 g/mol. The van der Waals surface area contributed by atoms with E-state index in [9.17, 15) is 18.0 Å². The largest absolute Gasteiger partial charge is 0.394 e. The van der Waals surface area contributed by atoms with Gasteiger partial charge in [0.1, 0.15) is 0 Å². The smallest absolute Gasteiger partial charge is 0.251 e. The summed E-state index contributed by atoms with van der Waals surface area (Å²) in [6.07, 6.45) is 0. The van der Waals surface area contributed by atoms with Gasteiger partial charge in [-0.2, -0.15) is 0 Å². The summed E-state index contributed by atoms with van der Waals surface area (Å²) < 4.78 is 25.2. The van der Waals surface area contributed by atoms with Crippen molar-refractivity contribution in [1.82, 2.24) is 5.32 Å². The zero-order chi connectivity index (χ0) is 17.4. The van der Waals surface area contributed by atoms with Gasteiger partial charge in [0.2, 0.25) is 15.9 Å². The summed E-state index contributed by atoms with van der Waals surface area (Å²) in [5.41, 5.74) is -0.435. The summed E-state index contributed by atoms with van der Waals surface area (Å²) in [6, 6.07) is 5.36. The normalized spacial score (nSPS) is 20.3. The number of anilines is 1. The first-order chi connectivity index (χ1) is 10.6. The van der Waals surface area contributed by atoms with Crippen LogP contribution < -0.4 is 9.62 Å². The number of benzene rings is 1. The molecule has 1 atom stereocenters. The van der Waals surface area contributed by atoms with Gasteiger partial charge in [0.25, 0.3) is 5.91 Å². The summed E-state index contributed by atoms with van der Waals surface area (Å²) in [6.45, 7) is 4.65. The number of nitrogens with zero attached hydrogens (tertiary/aromatic N) is 1. The first-order valence-electron chi connectivity index (χ1n) is 7.18. The van der Waals surface area contributed by atoms with Crippen molar-refractivity contribution in [3.63, 3.8) is 0 Å². The summed E-state index contributed by atoms with van der Waals surface area (Å²) in [7, 11) is -3.70. The molecule has 0 bridgehead atoms. The number of aliphatic hydroxyl groups excluding tert-OH is 1. The Bertz CT molecular complexity index is 725. The number of nitrogens with one attached hydrogen (secondary N) is 1. The van der Waals surface area contributed by atoms with Crippen LogP contribution in [-0.2, 0) is 14.8 Å². The Morgan fingerprint density at radius 2 is 1.91 bits per heavy atom. The van der Waals surface area contributed by atoms with E-state index < -0.39 is 21.3 Å². The highest BCUT2D eigenvalue weighted by molar-refractivity contribution is 7.94. The van der Waals surface area contributed by atoms with Crippen LogP contribution in [0.1, 0.15) is 31.1 Å². The molecule has 1 aliphatic heterocycles. The van der Waals surface area contributed by atoms with Crippen molar-refractivity contribution in [2.24, 2.45) is 5.41 Å². The molecule has 2 rings (SSSR count). The first kappa shape index (κ1) is 17.4. The molecular formula is C15H20N2O5S. The second-order valence-electron chi connectivity index (χ2n) is 6.31. The van der Waals surface area contributed by atoms with E-state index in [0.29, 0.717) is 5.56 Å². The van der Waals surface area contributed by atoms with E-state index in [2.05, 4.69) is 5.32 Å². The van der Waals surface area contributed by atoms with Gasteiger partial charge in [-0.1, -0.05) is 0 Å². The highest BCUT2D eigenvalue weighted by atomic mass is 32.2. The van der Waals surface area contributed by atoms with Crippen LogP contribution in [0, 0.1) is 5.41 Å². The molecule has 0 unspecified atom stereocenters. The van der Waals surface area contributed by atoms with Gasteiger partial charge in [-0.3, -0.25) is 9.59 Å². The Hall–Kier alpha value is -1.93. The number of sulfonamides is 1. The van der Waals surface area contributed by atoms with Crippen LogP contribution in [0.5, 0.6) is 0 Å². The lowest BCUT2D eigenvalue weighted by Gasteiger charge is -2.18. The van der Waals surface area contributed by atoms with Gasteiger partial charge in [-0.15, -0.1) is 0 Å². The second kappa shape index (κ2) is 5.93. The molecule has 7 nitrogen and oxygen atoms in total. The maximum atomic E-state index is 12.3. The predicted molar refractivity (Wildman–Crippen MR) is 85.5 cm³/mol. The fraction of sp³-hybridized carbons (Fsp3) is 0.467. The van der Waals surface area contributed by atoms with Crippen LogP contribution in [0.4, 0.5) is 5.69 Å². The molecule has 2 N–H and O–H groups in total. The molecule has 1 heterocycles. The van der Waals surface area contributed by atoms with Crippen molar-refractivity contribution < 1.29 is 23.1 Å². The van der Waals surface area contributed by atoms with Crippen molar-refractivity contribution in [3.05, 3.63) is 29.8 Å². The molecule has 1 saturated heterocycles. The molecule has 0 radical (unpaired) electrons. The number of hydrogen-bond donors (Lipinski definition) is 2. The molecule has 23 heavy (non-hydrogen) atoms. The third-order valence-electron chi connectivity index (χ3n) is 3.60.